The van der Waals surface area contributed by atoms with Crippen LogP contribution in [0.3, 0.4) is 0 Å². The number of halogens is 3. The van der Waals surface area contributed by atoms with E-state index in [1.165, 1.54) is 0 Å². The van der Waals surface area contributed by atoms with Gasteiger partial charge in [-0.1, -0.05) is 13.8 Å². The molecular weight excluding hydrogens is 407 g/mol. The van der Waals surface area contributed by atoms with Crippen molar-refractivity contribution < 1.29 is 21.6 Å². The first kappa shape index (κ1) is 26.0. The molecular formula is C18H36F3N5O2S. The Labute approximate surface area is 173 Å². The number of piperidine rings is 1. The molecule has 0 bridgehead atoms. The highest BCUT2D eigenvalue weighted by Crippen LogP contribution is 2.30. The molecule has 0 aromatic carbocycles. The highest BCUT2D eigenvalue weighted by molar-refractivity contribution is 7.90. The van der Waals surface area contributed by atoms with Crippen LogP contribution in [0.25, 0.3) is 0 Å². The number of guanidine groups is 1. The van der Waals surface area contributed by atoms with Gasteiger partial charge in [0.25, 0.3) is 0 Å². The van der Waals surface area contributed by atoms with Crippen LogP contribution in [0.4, 0.5) is 13.2 Å². The van der Waals surface area contributed by atoms with Crippen molar-refractivity contribution in [3.63, 3.8) is 0 Å². The van der Waals surface area contributed by atoms with Crippen LogP contribution in [-0.2, 0) is 10.0 Å². The third-order valence-electron chi connectivity index (χ3n) is 5.38. The van der Waals surface area contributed by atoms with Gasteiger partial charge in [-0.05, 0) is 58.2 Å². The summed E-state index contributed by atoms with van der Waals surface area (Å²) in [6.07, 6.45) is 2.86. The topological polar surface area (TPSA) is 77.0 Å². The summed E-state index contributed by atoms with van der Waals surface area (Å²) >= 11 is 0. The molecule has 1 saturated heterocycles. The van der Waals surface area contributed by atoms with Gasteiger partial charge in [0, 0.05) is 32.7 Å². The molecule has 29 heavy (non-hydrogen) atoms. The summed E-state index contributed by atoms with van der Waals surface area (Å²) in [4.78, 5) is 6.58. The largest absolute Gasteiger partial charge is 0.511 e. The predicted octanol–water partition coefficient (Wildman–Crippen LogP) is 2.22. The minimum Gasteiger partial charge on any atom is -0.356 e. The second-order valence-corrected chi connectivity index (χ2v) is 9.39. The Morgan fingerprint density at radius 1 is 1.24 bits per heavy atom. The Balaban J connectivity index is 2.35. The molecule has 1 aliphatic rings. The van der Waals surface area contributed by atoms with Crippen molar-refractivity contribution >= 4 is 16.0 Å². The normalized spacial score (nSPS) is 18.8. The lowest BCUT2D eigenvalue weighted by atomic mass is 9.98. The van der Waals surface area contributed by atoms with Crippen LogP contribution < -0.4 is 10.6 Å². The minimum atomic E-state index is -5.23. The molecule has 0 spiro atoms. The van der Waals surface area contributed by atoms with E-state index in [2.05, 4.69) is 41.3 Å². The monoisotopic (exact) mass is 443 g/mol. The Kier molecular flexibility index (Phi) is 10.7. The number of hydrogen-bond acceptors (Lipinski definition) is 4. The van der Waals surface area contributed by atoms with Crippen molar-refractivity contribution in [1.82, 2.24) is 19.8 Å². The molecule has 172 valence electrons. The van der Waals surface area contributed by atoms with Crippen LogP contribution in [0.1, 0.15) is 46.5 Å². The Bertz CT molecular complexity index is 601. The van der Waals surface area contributed by atoms with E-state index >= 15 is 0 Å². The number of hydrogen-bond donors (Lipinski definition) is 2. The molecule has 1 unspecified atom stereocenters. The second-order valence-electron chi connectivity index (χ2n) is 7.46. The SMILES string of the molecule is CCN(CC)CCCC(C)NC(=NC)NCC1CCN(S(=O)(=O)C(F)(F)F)CC1. The molecule has 7 nitrogen and oxygen atoms in total. The first-order valence-corrected chi connectivity index (χ1v) is 11.7. The van der Waals surface area contributed by atoms with Crippen LogP contribution in [0.2, 0.25) is 0 Å². The van der Waals surface area contributed by atoms with Crippen molar-refractivity contribution in [3.05, 3.63) is 0 Å². The van der Waals surface area contributed by atoms with Crippen LogP contribution in [0, 0.1) is 5.92 Å². The summed E-state index contributed by atoms with van der Waals surface area (Å²) in [6.45, 7) is 9.88. The maximum atomic E-state index is 12.6. The lowest BCUT2D eigenvalue weighted by Gasteiger charge is -2.32. The number of alkyl halides is 3. The molecule has 1 fully saturated rings. The van der Waals surface area contributed by atoms with E-state index in [1.807, 2.05) is 0 Å². The van der Waals surface area contributed by atoms with E-state index < -0.39 is 15.5 Å². The van der Waals surface area contributed by atoms with Gasteiger partial charge in [0.1, 0.15) is 0 Å². The molecule has 0 amide bonds. The second kappa shape index (κ2) is 11.9. The van der Waals surface area contributed by atoms with E-state index in [1.54, 1.807) is 7.05 Å². The summed E-state index contributed by atoms with van der Waals surface area (Å²) in [6, 6.07) is 0.246. The number of nitrogens with one attached hydrogen (secondary N) is 2. The molecule has 1 heterocycles. The number of sulfonamides is 1. The van der Waals surface area contributed by atoms with Crippen molar-refractivity contribution in [2.45, 2.75) is 58.0 Å². The van der Waals surface area contributed by atoms with Crippen molar-refractivity contribution in [2.75, 3.05) is 46.3 Å². The van der Waals surface area contributed by atoms with Gasteiger partial charge >= 0.3 is 15.5 Å². The standard InChI is InChI=1S/C18H36F3N5O2S/c1-5-25(6-2)11-7-8-15(3)24-17(22-4)23-14-16-9-12-26(13-10-16)29(27,28)18(19,20)21/h15-16H,5-14H2,1-4H3,(H2,22,23,24). The lowest BCUT2D eigenvalue weighted by Crippen LogP contribution is -2.48. The summed E-state index contributed by atoms with van der Waals surface area (Å²) in [5.74, 6) is 0.761. The Hall–Kier alpha value is -1.07. The average molecular weight is 444 g/mol. The molecule has 0 saturated carbocycles. The third kappa shape index (κ3) is 8.29. The quantitative estimate of drug-likeness (QED) is 0.400. The molecule has 0 radical (unpaired) electrons. The van der Waals surface area contributed by atoms with Crippen molar-refractivity contribution in [3.8, 4) is 0 Å². The van der Waals surface area contributed by atoms with Crippen LogP contribution in [-0.4, -0.2) is 81.4 Å². The molecule has 1 aliphatic heterocycles. The smallest absolute Gasteiger partial charge is 0.356 e. The van der Waals surface area contributed by atoms with Crippen LogP contribution in [0.15, 0.2) is 4.99 Å². The van der Waals surface area contributed by atoms with Gasteiger partial charge in [-0.3, -0.25) is 4.99 Å². The van der Waals surface area contributed by atoms with Gasteiger partial charge in [-0.25, -0.2) is 8.42 Å². The highest BCUT2D eigenvalue weighted by Gasteiger charge is 2.50. The minimum absolute atomic E-state index is 0.103. The molecule has 1 atom stereocenters. The van der Waals surface area contributed by atoms with Gasteiger partial charge in [0.05, 0.1) is 0 Å². The predicted molar refractivity (Wildman–Crippen MR) is 110 cm³/mol. The maximum Gasteiger partial charge on any atom is 0.511 e. The molecule has 0 aromatic heterocycles. The molecule has 2 N–H and O–H groups in total. The number of aliphatic imine (C=N–C) groups is 1. The zero-order valence-corrected chi connectivity index (χ0v) is 18.7. The lowest BCUT2D eigenvalue weighted by molar-refractivity contribution is -0.0496. The Morgan fingerprint density at radius 2 is 1.83 bits per heavy atom. The summed E-state index contributed by atoms with van der Waals surface area (Å²) in [5.41, 5.74) is -5.23. The first-order chi connectivity index (χ1) is 13.5. The number of rotatable bonds is 10. The van der Waals surface area contributed by atoms with Crippen molar-refractivity contribution in [1.29, 1.82) is 0 Å². The number of nitrogens with zero attached hydrogens (tertiary/aromatic N) is 3. The first-order valence-electron chi connectivity index (χ1n) is 10.3. The van der Waals surface area contributed by atoms with Crippen LogP contribution in [0.5, 0.6) is 0 Å². The zero-order valence-electron chi connectivity index (χ0n) is 17.9. The molecule has 0 aliphatic carbocycles. The van der Waals surface area contributed by atoms with Gasteiger partial charge in [-0.2, -0.15) is 17.5 Å². The fourth-order valence-electron chi connectivity index (χ4n) is 3.40. The van der Waals surface area contributed by atoms with E-state index in [0.29, 0.717) is 29.7 Å². The maximum absolute atomic E-state index is 12.6. The van der Waals surface area contributed by atoms with Gasteiger partial charge in [0.2, 0.25) is 0 Å². The van der Waals surface area contributed by atoms with E-state index in [-0.39, 0.29) is 25.0 Å². The molecule has 1 rings (SSSR count). The van der Waals surface area contributed by atoms with E-state index in [0.717, 1.165) is 32.5 Å². The fourth-order valence-corrected chi connectivity index (χ4v) is 4.39. The van der Waals surface area contributed by atoms with Crippen LogP contribution >= 0.6 is 0 Å². The van der Waals surface area contributed by atoms with Gasteiger partial charge in [-0.15, -0.1) is 0 Å². The van der Waals surface area contributed by atoms with E-state index in [4.69, 9.17) is 0 Å². The third-order valence-corrected chi connectivity index (χ3v) is 7.01. The van der Waals surface area contributed by atoms with Gasteiger partial charge in [0.15, 0.2) is 5.96 Å². The Morgan fingerprint density at radius 3 is 2.31 bits per heavy atom. The van der Waals surface area contributed by atoms with Gasteiger partial charge < -0.3 is 15.5 Å². The summed E-state index contributed by atoms with van der Waals surface area (Å²) in [5, 5.41) is 6.55. The van der Waals surface area contributed by atoms with E-state index in [9.17, 15) is 21.6 Å². The fraction of sp³-hybridized carbons (Fsp3) is 0.944. The zero-order chi connectivity index (χ0) is 22.1. The molecule has 11 heteroatoms. The summed E-state index contributed by atoms with van der Waals surface area (Å²) in [7, 11) is -3.54. The van der Waals surface area contributed by atoms with Crippen molar-refractivity contribution in [2.24, 2.45) is 10.9 Å². The average Bonchev–Trinajstić information content (AvgIpc) is 2.68. The molecule has 0 aromatic rings. The highest BCUT2D eigenvalue weighted by atomic mass is 32.2. The summed E-state index contributed by atoms with van der Waals surface area (Å²) < 4.78 is 61.4.